The number of fused-ring (bicyclic) bond motifs is 5. The van der Waals surface area contributed by atoms with E-state index in [9.17, 15) is 19.8 Å². The van der Waals surface area contributed by atoms with Gasteiger partial charge in [-0.3, -0.25) is 9.59 Å². The van der Waals surface area contributed by atoms with E-state index in [1.165, 1.54) is 12.5 Å². The van der Waals surface area contributed by atoms with E-state index in [1.54, 1.807) is 7.11 Å². The van der Waals surface area contributed by atoms with Crippen LogP contribution in [0.3, 0.4) is 0 Å². The zero-order valence-corrected chi connectivity index (χ0v) is 20.9. The largest absolute Gasteiger partial charge is 0.493 e. The highest BCUT2D eigenvalue weighted by atomic mass is 16.7. The van der Waals surface area contributed by atoms with Crippen LogP contribution in [0, 0.1) is 5.41 Å². The summed E-state index contributed by atoms with van der Waals surface area (Å²) in [4.78, 5) is 22.7. The molecule has 0 fully saturated rings. The fraction of sp³-hybridized carbons (Fsp3) is 0.393. The van der Waals surface area contributed by atoms with Crippen molar-refractivity contribution in [1.29, 1.82) is 0 Å². The molecule has 2 aromatic carbocycles. The number of rotatable bonds is 10. The van der Waals surface area contributed by atoms with Crippen LogP contribution < -0.4 is 23.5 Å². The first-order valence-corrected chi connectivity index (χ1v) is 12.4. The highest BCUT2D eigenvalue weighted by Gasteiger charge is 2.40. The summed E-state index contributed by atoms with van der Waals surface area (Å²) in [5, 5.41) is 20.5. The monoisotopic (exact) mass is 508 g/mol. The number of aromatic nitrogens is 1. The zero-order chi connectivity index (χ0) is 26.2. The van der Waals surface area contributed by atoms with Crippen LogP contribution in [0.5, 0.6) is 23.0 Å². The number of carboxylic acids is 2. The van der Waals surface area contributed by atoms with Crippen molar-refractivity contribution in [3.63, 3.8) is 0 Å². The van der Waals surface area contributed by atoms with Crippen LogP contribution >= 0.6 is 0 Å². The van der Waals surface area contributed by atoms with Crippen LogP contribution in [0.2, 0.25) is 0 Å². The number of benzene rings is 2. The van der Waals surface area contributed by atoms with E-state index in [1.807, 2.05) is 12.1 Å². The van der Waals surface area contributed by atoms with E-state index >= 15 is 0 Å². The van der Waals surface area contributed by atoms with Gasteiger partial charge in [0.2, 0.25) is 12.5 Å². The van der Waals surface area contributed by atoms with Gasteiger partial charge in [0, 0.05) is 12.5 Å². The van der Waals surface area contributed by atoms with Gasteiger partial charge in [0.1, 0.15) is 0 Å². The van der Waals surface area contributed by atoms with E-state index in [0.717, 1.165) is 46.5 Å². The van der Waals surface area contributed by atoms with Gasteiger partial charge in [-0.25, -0.2) is 0 Å². The fourth-order valence-electron chi connectivity index (χ4n) is 4.94. The molecule has 5 rings (SSSR count). The molecule has 0 radical (unpaired) electrons. The average Bonchev–Trinajstić information content (AvgIpc) is 3.35. The van der Waals surface area contributed by atoms with Gasteiger partial charge in [-0.2, -0.15) is 4.57 Å². The Morgan fingerprint density at radius 3 is 2.54 bits per heavy atom. The molecular formula is C28H30NO8+. The minimum absolute atomic E-state index is 0.0693. The van der Waals surface area contributed by atoms with Crippen molar-refractivity contribution in [2.75, 3.05) is 20.5 Å². The maximum atomic E-state index is 11.3. The van der Waals surface area contributed by atoms with Gasteiger partial charge in [-0.1, -0.05) is 12.8 Å². The molecule has 9 nitrogen and oxygen atoms in total. The Morgan fingerprint density at radius 2 is 1.81 bits per heavy atom. The van der Waals surface area contributed by atoms with Gasteiger partial charge in [0.05, 0.1) is 24.7 Å². The van der Waals surface area contributed by atoms with E-state index in [0.29, 0.717) is 37.4 Å². The Bertz CT molecular complexity index is 1370. The second-order valence-corrected chi connectivity index (χ2v) is 9.67. The number of hydrogen-bond acceptors (Lipinski definition) is 6. The van der Waals surface area contributed by atoms with Crippen LogP contribution in [0.4, 0.5) is 0 Å². The number of carbonyl (C=O) groups is 2. The standard InChI is InChI=1S/C28H29NO8/c1-28(26(30)31,27(32)33)9-4-3-5-11-35-25-20-15-29-10-8-18-13-23-24(37-16-36-23)14-19(18)21(29)12-17(20)6-7-22(25)34-2/h6-7,12-15H,3-5,8-11,16H2,1-2H3,(H-,30,31,32,33)/p+1. The minimum Gasteiger partial charge on any atom is -0.493 e. The SMILES string of the molecule is COc1ccc2cc3[n+](cc2c1OCCCCCC(C)(C(=O)O)C(=O)O)CCc1cc2c(cc1-3)OCO2. The van der Waals surface area contributed by atoms with Crippen molar-refractivity contribution < 1.29 is 43.3 Å². The van der Waals surface area contributed by atoms with Gasteiger partial charge in [0.15, 0.2) is 41.2 Å². The molecule has 37 heavy (non-hydrogen) atoms. The number of nitrogens with zero attached hydrogens (tertiary/aromatic N) is 1. The summed E-state index contributed by atoms with van der Waals surface area (Å²) in [6.45, 7) is 2.72. The van der Waals surface area contributed by atoms with Crippen LogP contribution in [0.25, 0.3) is 22.0 Å². The number of unbranched alkanes of at least 4 members (excludes halogenated alkanes) is 2. The molecule has 0 saturated heterocycles. The number of aliphatic carboxylic acids is 2. The van der Waals surface area contributed by atoms with Crippen LogP contribution in [-0.2, 0) is 22.6 Å². The topological polar surface area (TPSA) is 115 Å². The van der Waals surface area contributed by atoms with E-state index in [2.05, 4.69) is 29.0 Å². The first-order chi connectivity index (χ1) is 17.8. The Hall–Kier alpha value is -4.01. The highest BCUT2D eigenvalue weighted by Crippen LogP contribution is 2.41. The van der Waals surface area contributed by atoms with Crippen LogP contribution in [-0.4, -0.2) is 42.7 Å². The quantitative estimate of drug-likeness (QED) is 0.238. The van der Waals surface area contributed by atoms with Gasteiger partial charge in [-0.05, 0) is 55.0 Å². The summed E-state index contributed by atoms with van der Waals surface area (Å²) in [6, 6.07) is 10.2. The lowest BCUT2D eigenvalue weighted by molar-refractivity contribution is -0.686. The molecule has 2 aliphatic heterocycles. The number of methoxy groups -OCH3 is 1. The van der Waals surface area contributed by atoms with Crippen molar-refractivity contribution in [2.45, 2.75) is 45.6 Å². The van der Waals surface area contributed by atoms with Gasteiger partial charge in [0.25, 0.3) is 0 Å². The summed E-state index contributed by atoms with van der Waals surface area (Å²) in [7, 11) is 1.61. The molecular weight excluding hydrogens is 478 g/mol. The molecule has 0 unspecified atom stereocenters. The minimum atomic E-state index is -1.77. The molecule has 194 valence electrons. The zero-order valence-electron chi connectivity index (χ0n) is 20.9. The van der Waals surface area contributed by atoms with Gasteiger partial charge in [-0.15, -0.1) is 0 Å². The normalized spacial score (nSPS) is 13.7. The summed E-state index contributed by atoms with van der Waals surface area (Å²) in [5.74, 6) is 0.225. The molecule has 9 heteroatoms. The van der Waals surface area contributed by atoms with Crippen molar-refractivity contribution in [3.8, 4) is 34.3 Å². The van der Waals surface area contributed by atoms with Gasteiger partial charge >= 0.3 is 11.9 Å². The number of aryl methyl sites for hydroxylation is 2. The fourth-order valence-corrected chi connectivity index (χ4v) is 4.94. The first kappa shape index (κ1) is 24.7. The van der Waals surface area contributed by atoms with Crippen molar-refractivity contribution in [1.82, 2.24) is 0 Å². The molecule has 0 saturated carbocycles. The Morgan fingerprint density at radius 1 is 1.05 bits per heavy atom. The molecule has 0 amide bonds. The summed E-state index contributed by atoms with van der Waals surface area (Å²) >= 11 is 0. The van der Waals surface area contributed by atoms with Crippen molar-refractivity contribution >= 4 is 22.7 Å². The molecule has 0 aliphatic carbocycles. The molecule has 2 N–H and O–H groups in total. The Kier molecular flexibility index (Phi) is 6.54. The first-order valence-electron chi connectivity index (χ1n) is 12.4. The summed E-state index contributed by atoms with van der Waals surface area (Å²) in [6.07, 6.45) is 4.84. The Labute approximate surface area is 214 Å². The summed E-state index contributed by atoms with van der Waals surface area (Å²) < 4.78 is 25.1. The number of carboxylic acid groups (broad SMARTS) is 2. The van der Waals surface area contributed by atoms with E-state index < -0.39 is 17.4 Å². The smallest absolute Gasteiger partial charge is 0.320 e. The van der Waals surface area contributed by atoms with E-state index in [4.69, 9.17) is 18.9 Å². The predicted molar refractivity (Wildman–Crippen MR) is 133 cm³/mol. The molecule has 0 atom stereocenters. The highest BCUT2D eigenvalue weighted by molar-refractivity contribution is 5.97. The van der Waals surface area contributed by atoms with Crippen molar-refractivity contribution in [3.05, 3.63) is 42.1 Å². The Balaban J connectivity index is 1.33. The lowest BCUT2D eigenvalue weighted by Crippen LogP contribution is -2.40. The lowest BCUT2D eigenvalue weighted by Gasteiger charge is -2.19. The van der Waals surface area contributed by atoms with Gasteiger partial charge < -0.3 is 29.2 Å². The predicted octanol–water partition coefficient (Wildman–Crippen LogP) is 4.20. The number of ether oxygens (including phenoxy) is 4. The van der Waals surface area contributed by atoms with Crippen molar-refractivity contribution in [2.24, 2.45) is 5.41 Å². The lowest BCUT2D eigenvalue weighted by atomic mass is 9.85. The molecule has 0 bridgehead atoms. The second kappa shape index (κ2) is 9.80. The maximum absolute atomic E-state index is 11.3. The van der Waals surface area contributed by atoms with Crippen LogP contribution in [0.15, 0.2) is 36.5 Å². The molecule has 1 aromatic heterocycles. The second-order valence-electron chi connectivity index (χ2n) is 9.67. The van der Waals surface area contributed by atoms with Crippen LogP contribution in [0.1, 0.15) is 38.2 Å². The average molecular weight is 509 g/mol. The molecule has 2 aliphatic rings. The molecule has 3 heterocycles. The third kappa shape index (κ3) is 4.50. The molecule has 0 spiro atoms. The molecule has 3 aromatic rings. The third-order valence-corrected chi connectivity index (χ3v) is 7.31. The maximum Gasteiger partial charge on any atom is 0.320 e. The summed E-state index contributed by atoms with van der Waals surface area (Å²) in [5.41, 5.74) is 1.69. The third-order valence-electron chi connectivity index (χ3n) is 7.31. The number of hydrogen-bond donors (Lipinski definition) is 2. The number of pyridine rings is 1. The van der Waals surface area contributed by atoms with E-state index in [-0.39, 0.29) is 13.2 Å².